The standard InChI is InChI=1S/C20H21N3/c1-16-7-11-22-19(13-16)20-14-18(9-12-23-20)15-21-10-8-17-5-3-2-4-6-17/h2-7,9,11-14,21H,8,10,15H2,1H3. The first-order valence-electron chi connectivity index (χ1n) is 7.94. The van der Waals surface area contributed by atoms with E-state index in [-0.39, 0.29) is 0 Å². The van der Waals surface area contributed by atoms with E-state index < -0.39 is 0 Å². The molecule has 0 fully saturated rings. The van der Waals surface area contributed by atoms with Crippen LogP contribution in [0.3, 0.4) is 0 Å². The fraction of sp³-hybridized carbons (Fsp3) is 0.200. The van der Waals surface area contributed by atoms with Crippen LogP contribution >= 0.6 is 0 Å². The highest BCUT2D eigenvalue weighted by Gasteiger charge is 2.02. The quantitative estimate of drug-likeness (QED) is 0.704. The molecule has 1 N–H and O–H groups in total. The van der Waals surface area contributed by atoms with Gasteiger partial charge < -0.3 is 5.32 Å². The molecular weight excluding hydrogens is 282 g/mol. The van der Waals surface area contributed by atoms with E-state index in [1.165, 1.54) is 16.7 Å². The Balaban J connectivity index is 1.58. The summed E-state index contributed by atoms with van der Waals surface area (Å²) in [6.45, 7) is 3.87. The number of rotatable bonds is 6. The third-order valence-electron chi connectivity index (χ3n) is 3.76. The number of aromatic nitrogens is 2. The van der Waals surface area contributed by atoms with Crippen LogP contribution in [0.4, 0.5) is 0 Å². The molecule has 0 saturated carbocycles. The summed E-state index contributed by atoms with van der Waals surface area (Å²) in [5, 5.41) is 3.49. The second-order valence-corrected chi connectivity index (χ2v) is 5.68. The lowest BCUT2D eigenvalue weighted by Crippen LogP contribution is -2.16. The van der Waals surface area contributed by atoms with Crippen LogP contribution in [-0.2, 0) is 13.0 Å². The maximum atomic E-state index is 4.44. The average molecular weight is 303 g/mol. The number of benzene rings is 1. The zero-order valence-corrected chi connectivity index (χ0v) is 13.4. The summed E-state index contributed by atoms with van der Waals surface area (Å²) in [6.07, 6.45) is 4.73. The van der Waals surface area contributed by atoms with Gasteiger partial charge in [-0.1, -0.05) is 30.3 Å². The Morgan fingerprint density at radius 2 is 1.57 bits per heavy atom. The lowest BCUT2D eigenvalue weighted by Gasteiger charge is -2.07. The third-order valence-corrected chi connectivity index (χ3v) is 3.76. The fourth-order valence-electron chi connectivity index (χ4n) is 2.51. The van der Waals surface area contributed by atoms with Crippen molar-refractivity contribution < 1.29 is 0 Å². The molecule has 1 aromatic carbocycles. The molecule has 2 aromatic heterocycles. The molecule has 3 heteroatoms. The Morgan fingerprint density at radius 3 is 2.35 bits per heavy atom. The molecule has 116 valence electrons. The SMILES string of the molecule is Cc1ccnc(-c2cc(CNCCc3ccccc3)ccn2)c1. The first-order valence-corrected chi connectivity index (χ1v) is 7.94. The van der Waals surface area contributed by atoms with Crippen molar-refractivity contribution in [2.75, 3.05) is 6.54 Å². The Hall–Kier alpha value is -2.52. The highest BCUT2D eigenvalue weighted by atomic mass is 14.8. The van der Waals surface area contributed by atoms with Crippen LogP contribution in [0.15, 0.2) is 67.0 Å². The average Bonchev–Trinajstić information content (AvgIpc) is 2.60. The molecule has 0 atom stereocenters. The lowest BCUT2D eigenvalue weighted by molar-refractivity contribution is 0.686. The third kappa shape index (κ3) is 4.47. The summed E-state index contributed by atoms with van der Waals surface area (Å²) in [5.41, 5.74) is 5.64. The topological polar surface area (TPSA) is 37.8 Å². The van der Waals surface area contributed by atoms with Crippen molar-refractivity contribution in [2.45, 2.75) is 19.9 Å². The Morgan fingerprint density at radius 1 is 0.826 bits per heavy atom. The minimum absolute atomic E-state index is 0.841. The van der Waals surface area contributed by atoms with Gasteiger partial charge in [-0.15, -0.1) is 0 Å². The van der Waals surface area contributed by atoms with E-state index in [4.69, 9.17) is 0 Å². The van der Waals surface area contributed by atoms with E-state index in [1.807, 2.05) is 18.5 Å². The summed E-state index contributed by atoms with van der Waals surface area (Å²) >= 11 is 0. The van der Waals surface area contributed by atoms with Crippen LogP contribution in [0.5, 0.6) is 0 Å². The molecule has 0 aliphatic rings. The molecule has 0 unspecified atom stereocenters. The van der Waals surface area contributed by atoms with Gasteiger partial charge in [0.25, 0.3) is 0 Å². The predicted molar refractivity (Wildman–Crippen MR) is 94.1 cm³/mol. The molecule has 3 nitrogen and oxygen atoms in total. The smallest absolute Gasteiger partial charge is 0.0889 e. The van der Waals surface area contributed by atoms with E-state index in [0.29, 0.717) is 0 Å². The number of hydrogen-bond acceptors (Lipinski definition) is 3. The molecule has 0 amide bonds. The first-order chi connectivity index (χ1) is 11.3. The minimum atomic E-state index is 0.841. The van der Waals surface area contributed by atoms with Crippen LogP contribution < -0.4 is 5.32 Å². The molecule has 0 bridgehead atoms. The number of pyridine rings is 2. The van der Waals surface area contributed by atoms with Gasteiger partial charge in [0.2, 0.25) is 0 Å². The molecule has 0 saturated heterocycles. The van der Waals surface area contributed by atoms with E-state index in [2.05, 4.69) is 70.7 Å². The highest BCUT2D eigenvalue weighted by Crippen LogP contribution is 2.16. The van der Waals surface area contributed by atoms with E-state index in [0.717, 1.165) is 30.9 Å². The van der Waals surface area contributed by atoms with Crippen molar-refractivity contribution >= 4 is 0 Å². The van der Waals surface area contributed by atoms with Crippen molar-refractivity contribution in [3.05, 3.63) is 83.7 Å². The zero-order valence-electron chi connectivity index (χ0n) is 13.4. The van der Waals surface area contributed by atoms with Crippen molar-refractivity contribution in [2.24, 2.45) is 0 Å². The predicted octanol–water partition coefficient (Wildman–Crippen LogP) is 3.78. The molecule has 3 aromatic rings. The maximum absolute atomic E-state index is 4.44. The van der Waals surface area contributed by atoms with Gasteiger partial charge >= 0.3 is 0 Å². The van der Waals surface area contributed by atoms with Gasteiger partial charge in [0.1, 0.15) is 0 Å². The summed E-state index contributed by atoms with van der Waals surface area (Å²) in [7, 11) is 0. The molecular formula is C20H21N3. The van der Waals surface area contributed by atoms with E-state index in [9.17, 15) is 0 Å². The molecule has 0 aliphatic heterocycles. The molecule has 3 rings (SSSR count). The molecule has 0 radical (unpaired) electrons. The molecule has 0 aliphatic carbocycles. The van der Waals surface area contributed by atoms with Crippen LogP contribution in [0.2, 0.25) is 0 Å². The second kappa shape index (κ2) is 7.65. The van der Waals surface area contributed by atoms with Crippen LogP contribution in [0.25, 0.3) is 11.4 Å². The van der Waals surface area contributed by atoms with Crippen molar-refractivity contribution in [1.82, 2.24) is 15.3 Å². The van der Waals surface area contributed by atoms with Gasteiger partial charge in [0.05, 0.1) is 11.4 Å². The minimum Gasteiger partial charge on any atom is -0.312 e. The monoisotopic (exact) mass is 303 g/mol. The Kier molecular flexibility index (Phi) is 5.12. The van der Waals surface area contributed by atoms with Crippen LogP contribution in [-0.4, -0.2) is 16.5 Å². The summed E-state index contributed by atoms with van der Waals surface area (Å²) in [4.78, 5) is 8.84. The van der Waals surface area contributed by atoms with Crippen molar-refractivity contribution in [3.63, 3.8) is 0 Å². The fourth-order valence-corrected chi connectivity index (χ4v) is 2.51. The van der Waals surface area contributed by atoms with E-state index >= 15 is 0 Å². The summed E-state index contributed by atoms with van der Waals surface area (Å²) < 4.78 is 0. The number of nitrogens with zero attached hydrogens (tertiary/aromatic N) is 2. The van der Waals surface area contributed by atoms with Gasteiger partial charge in [0.15, 0.2) is 0 Å². The molecule has 2 heterocycles. The molecule has 0 spiro atoms. The maximum Gasteiger partial charge on any atom is 0.0889 e. The zero-order chi connectivity index (χ0) is 15.9. The summed E-state index contributed by atoms with van der Waals surface area (Å²) in [6, 6.07) is 18.8. The lowest BCUT2D eigenvalue weighted by atomic mass is 10.1. The van der Waals surface area contributed by atoms with Gasteiger partial charge in [-0.2, -0.15) is 0 Å². The van der Waals surface area contributed by atoms with Crippen molar-refractivity contribution in [1.29, 1.82) is 0 Å². The second-order valence-electron chi connectivity index (χ2n) is 5.68. The van der Waals surface area contributed by atoms with Gasteiger partial charge in [-0.25, -0.2) is 0 Å². The van der Waals surface area contributed by atoms with Crippen molar-refractivity contribution in [3.8, 4) is 11.4 Å². The number of hydrogen-bond donors (Lipinski definition) is 1. The number of aryl methyl sites for hydroxylation is 1. The number of nitrogens with one attached hydrogen (secondary N) is 1. The molecule has 23 heavy (non-hydrogen) atoms. The van der Waals surface area contributed by atoms with Crippen LogP contribution in [0.1, 0.15) is 16.7 Å². The Labute approximate surface area is 137 Å². The van der Waals surface area contributed by atoms with Crippen LogP contribution in [0, 0.1) is 6.92 Å². The highest BCUT2D eigenvalue weighted by molar-refractivity contribution is 5.55. The summed E-state index contributed by atoms with van der Waals surface area (Å²) in [5.74, 6) is 0. The van der Waals surface area contributed by atoms with Gasteiger partial charge in [-0.05, 0) is 60.8 Å². The first kappa shape index (κ1) is 15.4. The van der Waals surface area contributed by atoms with E-state index in [1.54, 1.807) is 0 Å². The Bertz CT molecular complexity index is 754. The van der Waals surface area contributed by atoms with Gasteiger partial charge in [-0.3, -0.25) is 9.97 Å². The largest absolute Gasteiger partial charge is 0.312 e. The van der Waals surface area contributed by atoms with Gasteiger partial charge in [0, 0.05) is 18.9 Å². The normalized spacial score (nSPS) is 10.7.